The van der Waals surface area contributed by atoms with Gasteiger partial charge in [0.25, 0.3) is 0 Å². The maximum atomic E-state index is 12.3. The molecule has 20 heavy (non-hydrogen) atoms. The molecule has 1 aliphatic heterocycles. The van der Waals surface area contributed by atoms with Crippen molar-refractivity contribution in [2.45, 2.75) is 46.2 Å². The van der Waals surface area contributed by atoms with Gasteiger partial charge in [-0.15, -0.1) is 0 Å². The Morgan fingerprint density at radius 1 is 1.35 bits per heavy atom. The van der Waals surface area contributed by atoms with Gasteiger partial charge in [-0.25, -0.2) is 0 Å². The van der Waals surface area contributed by atoms with Crippen molar-refractivity contribution >= 4 is 5.91 Å². The summed E-state index contributed by atoms with van der Waals surface area (Å²) < 4.78 is 0. The number of benzene rings is 1. The summed E-state index contributed by atoms with van der Waals surface area (Å²) in [6.07, 6.45) is 2.13. The predicted octanol–water partition coefficient (Wildman–Crippen LogP) is 2.73. The van der Waals surface area contributed by atoms with Crippen molar-refractivity contribution in [1.82, 2.24) is 10.2 Å². The molecule has 0 saturated carbocycles. The van der Waals surface area contributed by atoms with Gasteiger partial charge in [0.2, 0.25) is 5.91 Å². The number of rotatable bonds is 5. The SMILES string of the molecule is Cc1ccc(CNC(=O)[C@H]2CCCN2CC(C)C)cc1. The fourth-order valence-corrected chi connectivity index (χ4v) is 2.82. The third kappa shape index (κ3) is 4.07. The third-order valence-electron chi connectivity index (χ3n) is 3.85. The van der Waals surface area contributed by atoms with Crippen LogP contribution in [-0.2, 0) is 11.3 Å². The highest BCUT2D eigenvalue weighted by atomic mass is 16.2. The summed E-state index contributed by atoms with van der Waals surface area (Å²) in [6, 6.07) is 8.40. The third-order valence-corrected chi connectivity index (χ3v) is 3.85. The van der Waals surface area contributed by atoms with E-state index in [1.807, 2.05) is 0 Å². The molecule has 1 aromatic rings. The molecule has 0 radical (unpaired) electrons. The normalized spacial score (nSPS) is 19.5. The smallest absolute Gasteiger partial charge is 0.237 e. The van der Waals surface area contributed by atoms with Gasteiger partial charge in [-0.1, -0.05) is 43.7 Å². The second kappa shape index (κ2) is 6.89. The fraction of sp³-hybridized carbons (Fsp3) is 0.588. The topological polar surface area (TPSA) is 32.3 Å². The number of amides is 1. The molecule has 1 N–H and O–H groups in total. The molecule has 3 nitrogen and oxygen atoms in total. The Balaban J connectivity index is 1.86. The molecule has 0 spiro atoms. The zero-order chi connectivity index (χ0) is 14.5. The number of hydrogen-bond donors (Lipinski definition) is 1. The van der Waals surface area contributed by atoms with E-state index in [0.29, 0.717) is 12.5 Å². The molecule has 1 amide bonds. The maximum Gasteiger partial charge on any atom is 0.237 e. The molecule has 1 aromatic carbocycles. The van der Waals surface area contributed by atoms with Crippen molar-refractivity contribution in [3.63, 3.8) is 0 Å². The van der Waals surface area contributed by atoms with Crippen molar-refractivity contribution < 1.29 is 4.79 Å². The molecule has 3 heteroatoms. The van der Waals surface area contributed by atoms with Gasteiger partial charge in [-0.05, 0) is 37.8 Å². The highest BCUT2D eigenvalue weighted by Crippen LogP contribution is 2.18. The standard InChI is InChI=1S/C17H26N2O/c1-13(2)12-19-10-4-5-16(19)17(20)18-11-15-8-6-14(3)7-9-15/h6-9,13,16H,4-5,10-12H2,1-3H3,(H,18,20)/t16-/m1/s1. The van der Waals surface area contributed by atoms with Crippen LogP contribution < -0.4 is 5.32 Å². The van der Waals surface area contributed by atoms with Gasteiger partial charge in [-0.2, -0.15) is 0 Å². The highest BCUT2D eigenvalue weighted by molar-refractivity contribution is 5.82. The lowest BCUT2D eigenvalue weighted by atomic mass is 10.1. The van der Waals surface area contributed by atoms with E-state index in [-0.39, 0.29) is 11.9 Å². The summed E-state index contributed by atoms with van der Waals surface area (Å²) in [6.45, 7) is 9.19. The molecular formula is C17H26N2O. The zero-order valence-corrected chi connectivity index (χ0v) is 12.9. The van der Waals surface area contributed by atoms with Crippen LogP contribution in [0.1, 0.15) is 37.8 Å². The number of nitrogens with zero attached hydrogens (tertiary/aromatic N) is 1. The summed E-state index contributed by atoms with van der Waals surface area (Å²) in [5, 5.41) is 3.08. The van der Waals surface area contributed by atoms with E-state index in [1.54, 1.807) is 0 Å². The van der Waals surface area contributed by atoms with Crippen LogP contribution in [0.3, 0.4) is 0 Å². The first kappa shape index (κ1) is 15.0. The molecular weight excluding hydrogens is 248 g/mol. The van der Waals surface area contributed by atoms with Crippen LogP contribution in [0.2, 0.25) is 0 Å². The minimum absolute atomic E-state index is 0.0721. The van der Waals surface area contributed by atoms with E-state index < -0.39 is 0 Å². The van der Waals surface area contributed by atoms with Crippen molar-refractivity contribution in [1.29, 1.82) is 0 Å². The number of hydrogen-bond acceptors (Lipinski definition) is 2. The summed E-state index contributed by atoms with van der Waals surface area (Å²) in [4.78, 5) is 14.7. The van der Waals surface area contributed by atoms with Crippen LogP contribution in [0.4, 0.5) is 0 Å². The first-order valence-corrected chi connectivity index (χ1v) is 7.63. The Morgan fingerprint density at radius 2 is 2.05 bits per heavy atom. The first-order chi connectivity index (χ1) is 9.56. The Labute approximate surface area is 122 Å². The van der Waals surface area contributed by atoms with E-state index in [1.165, 1.54) is 5.56 Å². The van der Waals surface area contributed by atoms with Gasteiger partial charge in [0.1, 0.15) is 0 Å². The predicted molar refractivity (Wildman–Crippen MR) is 82.5 cm³/mol. The molecule has 1 aliphatic rings. The Hall–Kier alpha value is -1.35. The van der Waals surface area contributed by atoms with Gasteiger partial charge in [0.15, 0.2) is 0 Å². The lowest BCUT2D eigenvalue weighted by molar-refractivity contribution is -0.125. The first-order valence-electron chi connectivity index (χ1n) is 7.63. The van der Waals surface area contributed by atoms with E-state index in [0.717, 1.165) is 31.5 Å². The van der Waals surface area contributed by atoms with E-state index in [4.69, 9.17) is 0 Å². The van der Waals surface area contributed by atoms with Crippen molar-refractivity contribution in [2.75, 3.05) is 13.1 Å². The van der Waals surface area contributed by atoms with Crippen molar-refractivity contribution in [2.24, 2.45) is 5.92 Å². The van der Waals surface area contributed by atoms with Crippen LogP contribution in [0, 0.1) is 12.8 Å². The summed E-state index contributed by atoms with van der Waals surface area (Å²) >= 11 is 0. The van der Waals surface area contributed by atoms with Crippen molar-refractivity contribution in [3.8, 4) is 0 Å². The number of likely N-dealkylation sites (tertiary alicyclic amines) is 1. The monoisotopic (exact) mass is 274 g/mol. The number of aryl methyl sites for hydroxylation is 1. The Bertz CT molecular complexity index is 439. The quantitative estimate of drug-likeness (QED) is 0.895. The van der Waals surface area contributed by atoms with Crippen LogP contribution in [0.25, 0.3) is 0 Å². The zero-order valence-electron chi connectivity index (χ0n) is 12.9. The molecule has 1 heterocycles. The van der Waals surface area contributed by atoms with Gasteiger partial charge in [-0.3, -0.25) is 9.69 Å². The summed E-state index contributed by atoms with van der Waals surface area (Å²) in [7, 11) is 0. The van der Waals surface area contributed by atoms with Crippen LogP contribution in [0.15, 0.2) is 24.3 Å². The average molecular weight is 274 g/mol. The molecule has 2 rings (SSSR count). The number of nitrogens with one attached hydrogen (secondary N) is 1. The molecule has 0 aromatic heterocycles. The second-order valence-electron chi connectivity index (χ2n) is 6.25. The van der Waals surface area contributed by atoms with E-state index in [9.17, 15) is 4.79 Å². The van der Waals surface area contributed by atoms with Gasteiger partial charge < -0.3 is 5.32 Å². The summed E-state index contributed by atoms with van der Waals surface area (Å²) in [5.74, 6) is 0.796. The molecule has 1 fully saturated rings. The Kier molecular flexibility index (Phi) is 5.18. The van der Waals surface area contributed by atoms with Crippen LogP contribution >= 0.6 is 0 Å². The highest BCUT2D eigenvalue weighted by Gasteiger charge is 2.30. The summed E-state index contributed by atoms with van der Waals surface area (Å²) in [5.41, 5.74) is 2.41. The minimum Gasteiger partial charge on any atom is -0.351 e. The molecule has 1 saturated heterocycles. The largest absolute Gasteiger partial charge is 0.351 e. The molecule has 0 aliphatic carbocycles. The van der Waals surface area contributed by atoms with E-state index >= 15 is 0 Å². The lowest BCUT2D eigenvalue weighted by Crippen LogP contribution is -2.44. The second-order valence-corrected chi connectivity index (χ2v) is 6.25. The van der Waals surface area contributed by atoms with Crippen molar-refractivity contribution in [3.05, 3.63) is 35.4 Å². The maximum absolute atomic E-state index is 12.3. The molecule has 0 unspecified atom stereocenters. The fourth-order valence-electron chi connectivity index (χ4n) is 2.82. The molecule has 0 bridgehead atoms. The molecule has 110 valence electrons. The average Bonchev–Trinajstić information content (AvgIpc) is 2.85. The van der Waals surface area contributed by atoms with E-state index in [2.05, 4.69) is 55.3 Å². The number of carbonyl (C=O) groups is 1. The Morgan fingerprint density at radius 3 is 2.70 bits per heavy atom. The van der Waals surface area contributed by atoms with Gasteiger partial charge >= 0.3 is 0 Å². The van der Waals surface area contributed by atoms with Crippen LogP contribution in [0.5, 0.6) is 0 Å². The minimum atomic E-state index is 0.0721. The van der Waals surface area contributed by atoms with Crippen LogP contribution in [-0.4, -0.2) is 29.9 Å². The molecule has 1 atom stereocenters. The van der Waals surface area contributed by atoms with Gasteiger partial charge in [0, 0.05) is 13.1 Å². The lowest BCUT2D eigenvalue weighted by Gasteiger charge is -2.25. The number of carbonyl (C=O) groups excluding carboxylic acids is 1. The van der Waals surface area contributed by atoms with Gasteiger partial charge in [0.05, 0.1) is 6.04 Å².